The number of methoxy groups -OCH3 is 1. The van der Waals surface area contributed by atoms with Crippen LogP contribution in [0.1, 0.15) is 48.9 Å². The second-order valence-corrected chi connectivity index (χ2v) is 6.88. The lowest BCUT2D eigenvalue weighted by molar-refractivity contribution is -0.145. The van der Waals surface area contributed by atoms with Crippen LogP contribution in [0.3, 0.4) is 0 Å². The Bertz CT molecular complexity index is 662. The molecule has 0 amide bonds. The van der Waals surface area contributed by atoms with E-state index in [4.69, 9.17) is 4.74 Å². The molecule has 0 aromatic heterocycles. The van der Waals surface area contributed by atoms with E-state index < -0.39 is 0 Å². The van der Waals surface area contributed by atoms with Crippen LogP contribution >= 0.6 is 0 Å². The van der Waals surface area contributed by atoms with Gasteiger partial charge in [0.15, 0.2) is 5.78 Å². The summed E-state index contributed by atoms with van der Waals surface area (Å²) in [6, 6.07) is 5.95. The smallest absolute Gasteiger partial charge is 0.310 e. The fourth-order valence-electron chi connectivity index (χ4n) is 3.88. The van der Waals surface area contributed by atoms with Gasteiger partial charge in [0.1, 0.15) is 5.82 Å². The summed E-state index contributed by atoms with van der Waals surface area (Å²) >= 11 is 0. The highest BCUT2D eigenvalue weighted by Crippen LogP contribution is 2.34. The summed E-state index contributed by atoms with van der Waals surface area (Å²) in [5.41, 5.74) is 1.36. The van der Waals surface area contributed by atoms with E-state index >= 15 is 0 Å². The van der Waals surface area contributed by atoms with Gasteiger partial charge in [0.2, 0.25) is 0 Å². The molecule has 1 unspecified atom stereocenters. The van der Waals surface area contributed by atoms with Crippen molar-refractivity contribution in [2.75, 3.05) is 13.7 Å². The van der Waals surface area contributed by atoms with Crippen molar-refractivity contribution in [3.8, 4) is 0 Å². The van der Waals surface area contributed by atoms with Crippen molar-refractivity contribution < 1.29 is 18.7 Å². The predicted octanol–water partition coefficient (Wildman–Crippen LogP) is 3.72. The summed E-state index contributed by atoms with van der Waals surface area (Å²) in [7, 11) is 1.40. The Kier molecular flexibility index (Phi) is 5.51. The first-order chi connectivity index (χ1) is 12.1. The van der Waals surface area contributed by atoms with E-state index in [9.17, 15) is 14.0 Å². The molecule has 1 aliphatic heterocycles. The van der Waals surface area contributed by atoms with Gasteiger partial charge in [0, 0.05) is 36.3 Å². The van der Waals surface area contributed by atoms with Crippen molar-refractivity contribution in [3.05, 3.63) is 47.4 Å². The number of rotatable bonds is 4. The lowest BCUT2D eigenvalue weighted by Crippen LogP contribution is -2.35. The number of nitrogens with zero attached hydrogens (tertiary/aromatic N) is 1. The maximum atomic E-state index is 13.1. The Morgan fingerprint density at radius 1 is 1.16 bits per heavy atom. The molecule has 2 aliphatic rings. The van der Waals surface area contributed by atoms with Crippen molar-refractivity contribution in [1.29, 1.82) is 0 Å². The molecule has 134 valence electrons. The van der Waals surface area contributed by atoms with E-state index in [0.29, 0.717) is 24.6 Å². The average Bonchev–Trinajstić information content (AvgIpc) is 3.06. The molecular weight excluding hydrogens is 321 g/mol. The van der Waals surface area contributed by atoms with Crippen LogP contribution in [0.15, 0.2) is 36.0 Å². The molecule has 0 radical (unpaired) electrons. The quantitative estimate of drug-likeness (QED) is 0.474. The normalized spacial score (nSPS) is 23.0. The third-order valence-electron chi connectivity index (χ3n) is 5.22. The van der Waals surface area contributed by atoms with E-state index in [-0.39, 0.29) is 23.5 Å². The molecule has 1 atom stereocenters. The van der Waals surface area contributed by atoms with Crippen molar-refractivity contribution in [3.63, 3.8) is 0 Å². The van der Waals surface area contributed by atoms with Crippen molar-refractivity contribution >= 4 is 11.8 Å². The number of hydrogen-bond donors (Lipinski definition) is 0. The molecule has 1 aromatic rings. The first kappa shape index (κ1) is 17.6. The summed E-state index contributed by atoms with van der Waals surface area (Å²) in [5.74, 6) is -0.960. The van der Waals surface area contributed by atoms with Gasteiger partial charge < -0.3 is 9.64 Å². The van der Waals surface area contributed by atoms with Crippen LogP contribution in [0.2, 0.25) is 0 Å². The number of allylic oxidation sites excluding steroid dienone is 2. The third kappa shape index (κ3) is 4.09. The van der Waals surface area contributed by atoms with Gasteiger partial charge in [-0.25, -0.2) is 4.39 Å². The van der Waals surface area contributed by atoms with E-state index in [1.165, 1.54) is 50.6 Å². The summed E-state index contributed by atoms with van der Waals surface area (Å²) in [6.45, 7) is 0.611. The fraction of sp³-hybridized carbons (Fsp3) is 0.500. The monoisotopic (exact) mass is 345 g/mol. The number of likely N-dealkylation sites (tertiary alicyclic amines) is 1. The molecule has 1 aromatic carbocycles. The molecule has 1 heterocycles. The number of benzene rings is 1. The van der Waals surface area contributed by atoms with Gasteiger partial charge in [-0.05, 0) is 37.1 Å². The summed E-state index contributed by atoms with van der Waals surface area (Å²) in [6.07, 6.45) is 7.94. The van der Waals surface area contributed by atoms with Gasteiger partial charge in [-0.1, -0.05) is 19.3 Å². The lowest BCUT2D eigenvalue weighted by atomic mass is 9.94. The van der Waals surface area contributed by atoms with E-state index in [0.717, 1.165) is 18.5 Å². The number of ketones is 1. The molecule has 1 saturated carbocycles. The van der Waals surface area contributed by atoms with Crippen LogP contribution in [0, 0.1) is 11.7 Å². The van der Waals surface area contributed by atoms with Crippen LogP contribution in [0.4, 0.5) is 4.39 Å². The molecule has 2 fully saturated rings. The number of hydrogen-bond acceptors (Lipinski definition) is 4. The van der Waals surface area contributed by atoms with Crippen LogP contribution in [-0.4, -0.2) is 36.3 Å². The fourth-order valence-corrected chi connectivity index (χ4v) is 3.88. The average molecular weight is 345 g/mol. The van der Waals surface area contributed by atoms with E-state index in [1.807, 2.05) is 0 Å². The van der Waals surface area contributed by atoms with Crippen LogP contribution in [-0.2, 0) is 9.53 Å². The maximum absolute atomic E-state index is 13.1. The Hall–Kier alpha value is -2.17. The highest BCUT2D eigenvalue weighted by molar-refractivity contribution is 6.04. The van der Waals surface area contributed by atoms with Gasteiger partial charge in [-0.15, -0.1) is 0 Å². The zero-order valence-electron chi connectivity index (χ0n) is 14.5. The minimum Gasteiger partial charge on any atom is -0.469 e. The Balaban J connectivity index is 1.82. The number of ether oxygens (including phenoxy) is 1. The molecule has 1 saturated heterocycles. The molecule has 0 N–H and O–H groups in total. The van der Waals surface area contributed by atoms with Crippen LogP contribution in [0.25, 0.3) is 0 Å². The molecule has 1 aliphatic carbocycles. The Morgan fingerprint density at radius 2 is 1.84 bits per heavy atom. The van der Waals surface area contributed by atoms with Crippen LogP contribution in [0.5, 0.6) is 0 Å². The van der Waals surface area contributed by atoms with E-state index in [1.54, 1.807) is 6.08 Å². The number of esters is 1. The molecule has 25 heavy (non-hydrogen) atoms. The lowest BCUT2D eigenvalue weighted by Gasteiger charge is -2.33. The second kappa shape index (κ2) is 7.81. The highest BCUT2D eigenvalue weighted by Gasteiger charge is 2.36. The van der Waals surface area contributed by atoms with Gasteiger partial charge >= 0.3 is 5.97 Å². The minimum atomic E-state index is -0.361. The van der Waals surface area contributed by atoms with Crippen LogP contribution < -0.4 is 0 Å². The van der Waals surface area contributed by atoms with Gasteiger partial charge in [0.05, 0.1) is 13.0 Å². The van der Waals surface area contributed by atoms with E-state index in [2.05, 4.69) is 4.90 Å². The molecule has 0 bridgehead atoms. The highest BCUT2D eigenvalue weighted by atomic mass is 19.1. The summed E-state index contributed by atoms with van der Waals surface area (Å²) in [5, 5.41) is 0. The van der Waals surface area contributed by atoms with Crippen molar-refractivity contribution in [2.24, 2.45) is 5.92 Å². The Morgan fingerprint density at radius 3 is 2.48 bits per heavy atom. The first-order valence-corrected chi connectivity index (χ1v) is 8.93. The molecule has 0 spiro atoms. The number of carbonyl (C=O) groups excluding carboxylic acids is 2. The standard InChI is InChI=1S/C20H24FNO3/c1-25-20(24)15-11-18(22(13-15)17-5-3-2-4-6-17)12-19(23)14-7-9-16(21)10-8-14/h7-10,12,15,17H,2-6,11,13H2,1H3/b18-12-. The largest absolute Gasteiger partial charge is 0.469 e. The van der Waals surface area contributed by atoms with Gasteiger partial charge in [-0.2, -0.15) is 0 Å². The first-order valence-electron chi connectivity index (χ1n) is 8.93. The number of carbonyl (C=O) groups is 2. The predicted molar refractivity (Wildman–Crippen MR) is 92.5 cm³/mol. The number of halogens is 1. The van der Waals surface area contributed by atoms with Crippen molar-refractivity contribution in [1.82, 2.24) is 4.90 Å². The SMILES string of the molecule is COC(=O)C1C/C(=C/C(=O)c2ccc(F)cc2)N(C2CCCCC2)C1. The second-order valence-electron chi connectivity index (χ2n) is 6.88. The minimum absolute atomic E-state index is 0.152. The zero-order chi connectivity index (χ0) is 17.8. The molecular formula is C20H24FNO3. The maximum Gasteiger partial charge on any atom is 0.310 e. The Labute approximate surface area is 147 Å². The topological polar surface area (TPSA) is 46.6 Å². The third-order valence-corrected chi connectivity index (χ3v) is 5.22. The molecule has 3 rings (SSSR count). The molecule has 5 heteroatoms. The summed E-state index contributed by atoms with van der Waals surface area (Å²) in [4.78, 5) is 26.7. The molecule has 4 nitrogen and oxygen atoms in total. The zero-order valence-corrected chi connectivity index (χ0v) is 14.5. The van der Waals surface area contributed by atoms with Crippen molar-refractivity contribution in [2.45, 2.75) is 44.6 Å². The van der Waals surface area contributed by atoms with Gasteiger partial charge in [-0.3, -0.25) is 9.59 Å². The summed E-state index contributed by atoms with van der Waals surface area (Å²) < 4.78 is 18.0. The van der Waals surface area contributed by atoms with Gasteiger partial charge in [0.25, 0.3) is 0 Å².